The van der Waals surface area contributed by atoms with Gasteiger partial charge in [0.05, 0.1) is 10.7 Å². The first-order chi connectivity index (χ1) is 14.6. The molecule has 156 valence electrons. The number of likely N-dealkylation sites (tertiary alicyclic amines) is 1. The molecule has 0 saturated carbocycles. The lowest BCUT2D eigenvalue weighted by atomic mass is 10.0. The minimum Gasteiger partial charge on any atom is -0.487 e. The summed E-state index contributed by atoms with van der Waals surface area (Å²) >= 11 is 5.83. The van der Waals surface area contributed by atoms with Crippen molar-refractivity contribution in [1.82, 2.24) is 14.5 Å². The van der Waals surface area contributed by atoms with Gasteiger partial charge in [0.1, 0.15) is 12.4 Å². The van der Waals surface area contributed by atoms with Crippen molar-refractivity contribution < 1.29 is 4.74 Å². The topological polar surface area (TPSA) is 47.4 Å². The molecule has 5 nitrogen and oxygen atoms in total. The number of halogens is 1. The highest BCUT2D eigenvalue weighted by Gasteiger charge is 2.21. The van der Waals surface area contributed by atoms with Crippen LogP contribution in [0.4, 0.5) is 0 Å². The van der Waals surface area contributed by atoms with Crippen molar-refractivity contribution in [3.05, 3.63) is 93.1 Å². The Labute approximate surface area is 181 Å². The zero-order chi connectivity index (χ0) is 20.9. The van der Waals surface area contributed by atoms with Crippen LogP contribution in [0.25, 0.3) is 0 Å². The molecule has 3 aromatic rings. The zero-order valence-corrected chi connectivity index (χ0v) is 17.9. The Morgan fingerprint density at radius 2 is 1.93 bits per heavy atom. The maximum Gasteiger partial charge on any atom is 0.254 e. The average molecular weight is 424 g/mol. The molecule has 1 saturated heterocycles. The standard InChI is InChI=1S/C24H26ClN3O2/c1-18(27-11-2-12-27)20-5-3-19(4-6-20)9-13-28-14-10-23(15-24(28)29)30-17-22-8-7-21(25)16-26-22/h3-8,10,14-16,18H,2,9,11-13,17H2,1H3. The molecule has 1 aliphatic heterocycles. The molecule has 6 heteroatoms. The van der Waals surface area contributed by atoms with E-state index in [-0.39, 0.29) is 5.56 Å². The van der Waals surface area contributed by atoms with E-state index in [2.05, 4.69) is 41.1 Å². The van der Waals surface area contributed by atoms with Crippen molar-refractivity contribution >= 4 is 11.6 Å². The molecule has 1 aromatic carbocycles. The Morgan fingerprint density at radius 1 is 1.13 bits per heavy atom. The van der Waals surface area contributed by atoms with Crippen molar-refractivity contribution in [1.29, 1.82) is 0 Å². The SMILES string of the molecule is CC(c1ccc(CCn2ccc(OCc3ccc(Cl)cn3)cc2=O)cc1)N1CCC1. The van der Waals surface area contributed by atoms with Crippen molar-refractivity contribution in [3.63, 3.8) is 0 Å². The number of hydrogen-bond acceptors (Lipinski definition) is 4. The third-order valence-electron chi connectivity index (χ3n) is 5.68. The molecular weight excluding hydrogens is 398 g/mol. The molecule has 0 spiro atoms. The summed E-state index contributed by atoms with van der Waals surface area (Å²) < 4.78 is 7.39. The zero-order valence-electron chi connectivity index (χ0n) is 17.1. The molecule has 1 aliphatic rings. The summed E-state index contributed by atoms with van der Waals surface area (Å²) in [6, 6.07) is 16.2. The van der Waals surface area contributed by atoms with Crippen LogP contribution in [0.2, 0.25) is 5.02 Å². The highest BCUT2D eigenvalue weighted by atomic mass is 35.5. The second kappa shape index (κ2) is 9.45. The van der Waals surface area contributed by atoms with E-state index in [1.54, 1.807) is 29.1 Å². The highest BCUT2D eigenvalue weighted by Crippen LogP contribution is 2.25. The minimum absolute atomic E-state index is 0.0698. The van der Waals surface area contributed by atoms with Gasteiger partial charge in [-0.1, -0.05) is 35.9 Å². The number of rotatable bonds is 8. The summed E-state index contributed by atoms with van der Waals surface area (Å²) in [5.41, 5.74) is 3.28. The van der Waals surface area contributed by atoms with Gasteiger partial charge in [-0.05, 0) is 62.2 Å². The average Bonchev–Trinajstić information content (AvgIpc) is 2.72. The molecule has 3 heterocycles. The summed E-state index contributed by atoms with van der Waals surface area (Å²) in [7, 11) is 0. The first-order valence-corrected chi connectivity index (χ1v) is 10.7. The summed E-state index contributed by atoms with van der Waals surface area (Å²) in [6.07, 6.45) is 5.48. The smallest absolute Gasteiger partial charge is 0.254 e. The lowest BCUT2D eigenvalue weighted by Crippen LogP contribution is -2.38. The number of nitrogens with zero attached hydrogens (tertiary/aromatic N) is 3. The van der Waals surface area contributed by atoms with E-state index in [1.165, 1.54) is 36.7 Å². The van der Waals surface area contributed by atoms with Gasteiger partial charge in [-0.2, -0.15) is 0 Å². The summed E-state index contributed by atoms with van der Waals surface area (Å²) in [5.74, 6) is 0.539. The van der Waals surface area contributed by atoms with Gasteiger partial charge in [0.15, 0.2) is 0 Å². The van der Waals surface area contributed by atoms with Crippen LogP contribution in [-0.2, 0) is 19.6 Å². The third-order valence-corrected chi connectivity index (χ3v) is 5.91. The van der Waals surface area contributed by atoms with Crippen molar-refractivity contribution in [2.24, 2.45) is 0 Å². The van der Waals surface area contributed by atoms with Gasteiger partial charge in [0.25, 0.3) is 5.56 Å². The van der Waals surface area contributed by atoms with Gasteiger partial charge < -0.3 is 9.30 Å². The molecule has 1 unspecified atom stereocenters. The van der Waals surface area contributed by atoms with Crippen LogP contribution in [0.5, 0.6) is 5.75 Å². The number of ether oxygens (including phenoxy) is 1. The number of pyridine rings is 2. The second-order valence-corrected chi connectivity index (χ2v) is 8.14. The van der Waals surface area contributed by atoms with Crippen LogP contribution in [0.1, 0.15) is 36.2 Å². The molecule has 0 radical (unpaired) electrons. The van der Waals surface area contributed by atoms with Gasteiger partial charge >= 0.3 is 0 Å². The fraction of sp³-hybridized carbons (Fsp3) is 0.333. The van der Waals surface area contributed by atoms with E-state index in [0.29, 0.717) is 30.0 Å². The molecule has 1 fully saturated rings. The molecule has 30 heavy (non-hydrogen) atoms. The van der Waals surface area contributed by atoms with E-state index in [1.807, 2.05) is 6.07 Å². The van der Waals surface area contributed by atoms with Crippen molar-refractivity contribution in [2.45, 2.75) is 39.0 Å². The Balaban J connectivity index is 1.31. The Bertz CT molecular complexity index is 1030. The lowest BCUT2D eigenvalue weighted by molar-refractivity contribution is 0.128. The summed E-state index contributed by atoms with van der Waals surface area (Å²) in [5, 5.41) is 0.585. The maximum absolute atomic E-state index is 12.4. The number of hydrogen-bond donors (Lipinski definition) is 0. The van der Waals surface area contributed by atoms with E-state index in [9.17, 15) is 4.79 Å². The normalized spacial score (nSPS) is 14.9. The predicted molar refractivity (Wildman–Crippen MR) is 119 cm³/mol. The monoisotopic (exact) mass is 423 g/mol. The Hall–Kier alpha value is -2.63. The fourth-order valence-corrected chi connectivity index (χ4v) is 3.68. The Morgan fingerprint density at radius 3 is 2.57 bits per heavy atom. The molecular formula is C24H26ClN3O2. The van der Waals surface area contributed by atoms with Crippen molar-refractivity contribution in [2.75, 3.05) is 13.1 Å². The molecule has 0 bridgehead atoms. The van der Waals surface area contributed by atoms with E-state index in [0.717, 1.165) is 12.1 Å². The highest BCUT2D eigenvalue weighted by molar-refractivity contribution is 6.30. The second-order valence-electron chi connectivity index (χ2n) is 7.71. The largest absolute Gasteiger partial charge is 0.487 e. The van der Waals surface area contributed by atoms with Gasteiger partial charge in [-0.25, -0.2) is 0 Å². The van der Waals surface area contributed by atoms with Crippen LogP contribution in [0.3, 0.4) is 0 Å². The van der Waals surface area contributed by atoms with Crippen molar-refractivity contribution in [3.8, 4) is 5.75 Å². The van der Waals surface area contributed by atoms with Crippen LogP contribution in [0, 0.1) is 0 Å². The molecule has 0 aliphatic carbocycles. The molecule has 1 atom stereocenters. The number of benzene rings is 1. The lowest BCUT2D eigenvalue weighted by Gasteiger charge is -2.36. The quantitative estimate of drug-likeness (QED) is 0.535. The van der Waals surface area contributed by atoms with Gasteiger partial charge in [-0.15, -0.1) is 0 Å². The molecule has 0 N–H and O–H groups in total. The molecule has 4 rings (SSSR count). The summed E-state index contributed by atoms with van der Waals surface area (Å²) in [6.45, 7) is 5.59. The maximum atomic E-state index is 12.4. The van der Waals surface area contributed by atoms with Crippen LogP contribution in [0.15, 0.2) is 65.7 Å². The first-order valence-electron chi connectivity index (χ1n) is 10.3. The van der Waals surface area contributed by atoms with Crippen LogP contribution in [-0.4, -0.2) is 27.5 Å². The first kappa shape index (κ1) is 20.6. The van der Waals surface area contributed by atoms with E-state index < -0.39 is 0 Å². The Kier molecular flexibility index (Phi) is 6.50. The summed E-state index contributed by atoms with van der Waals surface area (Å²) in [4.78, 5) is 19.1. The van der Waals surface area contributed by atoms with E-state index >= 15 is 0 Å². The molecule has 2 aromatic heterocycles. The number of aryl methyl sites for hydroxylation is 2. The van der Waals surface area contributed by atoms with Crippen LogP contribution < -0.4 is 10.3 Å². The third kappa shape index (κ3) is 5.10. The van der Waals surface area contributed by atoms with Crippen LogP contribution >= 0.6 is 11.6 Å². The fourth-order valence-electron chi connectivity index (χ4n) is 3.56. The number of aromatic nitrogens is 2. The van der Waals surface area contributed by atoms with Gasteiger partial charge in [0, 0.05) is 31.0 Å². The van der Waals surface area contributed by atoms with E-state index in [4.69, 9.17) is 16.3 Å². The predicted octanol–water partition coefficient (Wildman–Crippen LogP) is 4.49. The minimum atomic E-state index is -0.0698. The van der Waals surface area contributed by atoms with Gasteiger partial charge in [0.2, 0.25) is 0 Å². The molecule has 0 amide bonds. The van der Waals surface area contributed by atoms with Gasteiger partial charge in [-0.3, -0.25) is 14.7 Å².